The summed E-state index contributed by atoms with van der Waals surface area (Å²) >= 11 is 1.31. The van der Waals surface area contributed by atoms with E-state index in [-0.39, 0.29) is 11.5 Å². The van der Waals surface area contributed by atoms with Gasteiger partial charge in [-0.15, -0.1) is 11.3 Å². The predicted octanol–water partition coefficient (Wildman–Crippen LogP) is 5.17. The minimum atomic E-state index is -0.388. The molecule has 0 atom stereocenters. The van der Waals surface area contributed by atoms with Crippen molar-refractivity contribution < 1.29 is 9.53 Å². The molecule has 0 spiro atoms. The van der Waals surface area contributed by atoms with Gasteiger partial charge in [0.15, 0.2) is 5.57 Å². The third-order valence-electron chi connectivity index (χ3n) is 5.60. The molecule has 36 heavy (non-hydrogen) atoms. The van der Waals surface area contributed by atoms with E-state index >= 15 is 0 Å². The van der Waals surface area contributed by atoms with Gasteiger partial charge in [-0.1, -0.05) is 38.8 Å². The Morgan fingerprint density at radius 1 is 1.00 bits per heavy atom. The van der Waals surface area contributed by atoms with Crippen LogP contribution in [0.2, 0.25) is 0 Å². The molecule has 0 aliphatic heterocycles. The molecule has 1 heterocycles. The lowest BCUT2D eigenvalue weighted by molar-refractivity contribution is -0.131. The fourth-order valence-corrected chi connectivity index (χ4v) is 4.71. The summed E-state index contributed by atoms with van der Waals surface area (Å²) < 4.78 is 6.35. The molecule has 3 rings (SSSR count). The van der Waals surface area contributed by atoms with Crippen molar-refractivity contribution in [3.63, 3.8) is 0 Å². The first kappa shape index (κ1) is 26.7. The summed E-state index contributed by atoms with van der Waals surface area (Å²) in [7, 11) is 0. The highest BCUT2D eigenvalue weighted by atomic mass is 32.1. The zero-order chi connectivity index (χ0) is 25.9. The van der Waals surface area contributed by atoms with Crippen LogP contribution in [0.1, 0.15) is 52.0 Å². The van der Waals surface area contributed by atoms with Crippen molar-refractivity contribution in [3.8, 4) is 29.1 Å². The minimum Gasteiger partial charge on any atom is -0.427 e. The van der Waals surface area contributed by atoms with E-state index in [2.05, 4.69) is 48.0 Å². The number of esters is 1. The number of nitrogens with zero attached hydrogens (tertiary/aromatic N) is 4. The lowest BCUT2D eigenvalue weighted by Crippen LogP contribution is -2.25. The van der Waals surface area contributed by atoms with Crippen molar-refractivity contribution >= 4 is 34.6 Å². The number of hydrogen-bond acceptors (Lipinski definition) is 7. The van der Waals surface area contributed by atoms with E-state index < -0.39 is 0 Å². The van der Waals surface area contributed by atoms with E-state index in [1.54, 1.807) is 12.1 Å². The Morgan fingerprint density at radius 3 is 2.14 bits per heavy atom. The molecule has 0 aliphatic rings. The van der Waals surface area contributed by atoms with Gasteiger partial charge in [-0.05, 0) is 60.9 Å². The van der Waals surface area contributed by atoms with Crippen molar-refractivity contribution in [1.82, 2.24) is 4.98 Å². The Labute approximate surface area is 216 Å². The highest BCUT2D eigenvalue weighted by Crippen LogP contribution is 2.21. The number of aromatic nitrogens is 1. The van der Waals surface area contributed by atoms with Crippen LogP contribution >= 0.6 is 11.3 Å². The molecule has 3 aromatic rings. The molecule has 0 amide bonds. The van der Waals surface area contributed by atoms with Crippen LogP contribution in [-0.2, 0) is 4.79 Å². The van der Waals surface area contributed by atoms with Crippen molar-refractivity contribution in [1.29, 1.82) is 10.5 Å². The maximum absolute atomic E-state index is 11.2. The lowest BCUT2D eigenvalue weighted by Gasteiger charge is -2.24. The number of carbonyl (C=O) groups is 1. The maximum Gasteiger partial charge on any atom is 0.308 e. The third kappa shape index (κ3) is 7.04. The van der Waals surface area contributed by atoms with E-state index in [1.165, 1.54) is 23.9 Å². The third-order valence-corrected chi connectivity index (χ3v) is 6.62. The summed E-state index contributed by atoms with van der Waals surface area (Å²) in [5, 5.41) is 18.7. The minimum absolute atomic E-state index is 0.0183. The molecule has 1 aromatic heterocycles. The first-order valence-electron chi connectivity index (χ1n) is 12.2. The van der Waals surface area contributed by atoms with Crippen LogP contribution in [0.5, 0.6) is 5.75 Å². The van der Waals surface area contributed by atoms with Crippen LogP contribution in [0.3, 0.4) is 0 Å². The highest BCUT2D eigenvalue weighted by molar-refractivity contribution is 7.08. The van der Waals surface area contributed by atoms with Crippen molar-refractivity contribution in [2.75, 3.05) is 18.0 Å². The number of thiazole rings is 1. The van der Waals surface area contributed by atoms with Gasteiger partial charge in [0.2, 0.25) is 0 Å². The van der Waals surface area contributed by atoms with Gasteiger partial charge in [-0.2, -0.15) is 10.5 Å². The van der Waals surface area contributed by atoms with Gasteiger partial charge in [0, 0.05) is 31.3 Å². The zero-order valence-electron chi connectivity index (χ0n) is 21.0. The van der Waals surface area contributed by atoms with Gasteiger partial charge in [0.25, 0.3) is 0 Å². The Balaban J connectivity index is 2.02. The van der Waals surface area contributed by atoms with Crippen LogP contribution in [0, 0.1) is 22.7 Å². The quantitative estimate of drug-likeness (QED) is 0.283. The number of ether oxygens (including phenoxy) is 1. The SMILES string of the molecule is CCCCN(CCCC)c1ccc(C=c2sc(=C(C#N)C#N)nc2-c2ccc(OC(C)=O)cc2)cc1. The van der Waals surface area contributed by atoms with Crippen LogP contribution in [0.25, 0.3) is 22.9 Å². The average Bonchev–Trinajstić information content (AvgIpc) is 3.29. The van der Waals surface area contributed by atoms with Crippen molar-refractivity contribution in [3.05, 3.63) is 63.3 Å². The first-order valence-corrected chi connectivity index (χ1v) is 13.0. The van der Waals surface area contributed by atoms with Gasteiger partial charge >= 0.3 is 5.97 Å². The second-order valence-corrected chi connectivity index (χ2v) is 9.41. The topological polar surface area (TPSA) is 90.0 Å². The number of carbonyl (C=O) groups excluding carboxylic acids is 1. The molecule has 6 nitrogen and oxygen atoms in total. The second kappa shape index (κ2) is 13.2. The normalized spacial score (nSPS) is 11.0. The number of unbranched alkanes of at least 4 members (excludes halogenated alkanes) is 2. The predicted molar refractivity (Wildman–Crippen MR) is 145 cm³/mol. The standard InChI is InChI=1S/C29H30N4O2S/c1-4-6-16-33(17-7-5-2)25-12-8-22(9-13-25)18-27-28(32-29(36-27)24(19-30)20-31)23-10-14-26(15-11-23)35-21(3)34/h8-15,18H,4-7,16-17H2,1-3H3. The molecular weight excluding hydrogens is 468 g/mol. The Morgan fingerprint density at radius 2 is 1.61 bits per heavy atom. The van der Waals surface area contributed by atoms with Crippen LogP contribution in [0.4, 0.5) is 5.69 Å². The van der Waals surface area contributed by atoms with Gasteiger partial charge in [0.05, 0.1) is 10.2 Å². The molecule has 0 bridgehead atoms. The van der Waals surface area contributed by atoms with E-state index in [0.717, 1.165) is 54.4 Å². The molecule has 2 aromatic carbocycles. The van der Waals surface area contributed by atoms with Crippen LogP contribution in [0.15, 0.2) is 48.5 Å². The number of nitriles is 2. The summed E-state index contributed by atoms with van der Waals surface area (Å²) in [6.45, 7) is 7.87. The highest BCUT2D eigenvalue weighted by Gasteiger charge is 2.10. The molecule has 0 aliphatic carbocycles. The van der Waals surface area contributed by atoms with Crippen LogP contribution in [-0.4, -0.2) is 24.0 Å². The summed E-state index contributed by atoms with van der Waals surface area (Å²) in [6.07, 6.45) is 6.68. The van der Waals surface area contributed by atoms with Gasteiger partial charge in [-0.25, -0.2) is 4.98 Å². The fourth-order valence-electron chi connectivity index (χ4n) is 3.71. The number of anilines is 1. The molecule has 0 fully saturated rings. The van der Waals surface area contributed by atoms with Gasteiger partial charge < -0.3 is 9.64 Å². The van der Waals surface area contributed by atoms with Crippen molar-refractivity contribution in [2.24, 2.45) is 0 Å². The molecule has 184 valence electrons. The second-order valence-electron chi connectivity index (χ2n) is 8.38. The molecule has 0 saturated carbocycles. The van der Waals surface area contributed by atoms with E-state index in [4.69, 9.17) is 4.74 Å². The summed E-state index contributed by atoms with van der Waals surface area (Å²) in [5.74, 6) is 0.0567. The van der Waals surface area contributed by atoms with E-state index in [9.17, 15) is 15.3 Å². The van der Waals surface area contributed by atoms with Gasteiger partial charge in [0.1, 0.15) is 22.6 Å². The van der Waals surface area contributed by atoms with Crippen molar-refractivity contribution in [2.45, 2.75) is 46.5 Å². The molecule has 0 radical (unpaired) electrons. The summed E-state index contributed by atoms with van der Waals surface area (Å²) in [5.41, 5.74) is 3.68. The number of hydrogen-bond donors (Lipinski definition) is 0. The van der Waals surface area contributed by atoms with Gasteiger partial charge in [-0.3, -0.25) is 4.79 Å². The number of rotatable bonds is 10. The Kier molecular flexibility index (Phi) is 9.80. The molecule has 0 N–H and O–H groups in total. The largest absolute Gasteiger partial charge is 0.427 e. The Hall–Kier alpha value is -3.94. The smallest absolute Gasteiger partial charge is 0.308 e. The summed E-state index contributed by atoms with van der Waals surface area (Å²) in [4.78, 5) is 18.3. The first-order chi connectivity index (χ1) is 17.5. The fraction of sp³-hybridized carbons (Fsp3) is 0.310. The van der Waals surface area contributed by atoms with Crippen LogP contribution < -0.4 is 18.8 Å². The molecule has 7 heteroatoms. The molecular formula is C29H30N4O2S. The molecule has 0 saturated heterocycles. The lowest BCUT2D eigenvalue weighted by atomic mass is 10.1. The monoisotopic (exact) mass is 498 g/mol. The summed E-state index contributed by atoms with van der Waals surface area (Å²) in [6, 6.07) is 19.4. The average molecular weight is 499 g/mol. The maximum atomic E-state index is 11.2. The van der Waals surface area contributed by atoms with E-state index in [1.807, 2.05) is 30.3 Å². The van der Waals surface area contributed by atoms with E-state index in [0.29, 0.717) is 16.1 Å². The molecule has 0 unspecified atom stereocenters. The number of benzene rings is 2. The zero-order valence-corrected chi connectivity index (χ0v) is 21.8. The Bertz CT molecular complexity index is 1350.